The van der Waals surface area contributed by atoms with Crippen LogP contribution >= 0.6 is 24.6 Å². The normalized spacial score (nSPS) is 12.5. The van der Waals surface area contributed by atoms with Crippen molar-refractivity contribution in [1.29, 1.82) is 0 Å². The lowest BCUT2D eigenvalue weighted by molar-refractivity contribution is -0.384. The number of hydrogen-bond donors (Lipinski definition) is 5. The number of nitrogens with zero attached hydrogens (tertiary/aromatic N) is 1. The molecular formula is C14H14BrN4O8P. The lowest BCUT2D eigenvalue weighted by Crippen LogP contribution is -2.30. The van der Waals surface area contributed by atoms with Gasteiger partial charge in [0.1, 0.15) is 11.5 Å². The van der Waals surface area contributed by atoms with E-state index in [0.29, 0.717) is 5.76 Å². The number of halogens is 1. The molecule has 1 atom stereocenters. The molecule has 0 amide bonds. The fourth-order valence-corrected chi connectivity index (χ4v) is 3.47. The average Bonchev–Trinajstić information content (AvgIpc) is 3.08. The second-order valence-electron chi connectivity index (χ2n) is 5.57. The number of nitro benzene ring substituents is 1. The molecule has 0 aliphatic carbocycles. The third kappa shape index (κ3) is 4.46. The molecule has 5 N–H and O–H groups in total. The van der Waals surface area contributed by atoms with Crippen LogP contribution in [0.5, 0.6) is 0 Å². The Kier molecular flexibility index (Phi) is 6.37. The molecule has 3 rings (SSSR count). The minimum Gasteiger partial charge on any atom is -0.468 e. The van der Waals surface area contributed by atoms with Crippen LogP contribution in [0, 0.1) is 10.1 Å². The highest BCUT2D eigenvalue weighted by molar-refractivity contribution is 8.93. The van der Waals surface area contributed by atoms with Gasteiger partial charge < -0.3 is 24.2 Å². The summed E-state index contributed by atoms with van der Waals surface area (Å²) in [4.78, 5) is 57.5. The van der Waals surface area contributed by atoms with Crippen molar-refractivity contribution < 1.29 is 23.7 Å². The van der Waals surface area contributed by atoms with E-state index in [4.69, 9.17) is 4.42 Å². The van der Waals surface area contributed by atoms with Gasteiger partial charge in [-0.25, -0.2) is 0 Å². The molecule has 14 heteroatoms. The summed E-state index contributed by atoms with van der Waals surface area (Å²) in [5.74, 6) is -1.34. The fraction of sp³-hybridized carbons (Fsp3) is 0.143. The Labute approximate surface area is 165 Å². The van der Waals surface area contributed by atoms with E-state index in [9.17, 15) is 34.1 Å². The van der Waals surface area contributed by atoms with Crippen molar-refractivity contribution in [1.82, 2.24) is 15.3 Å². The van der Waals surface area contributed by atoms with E-state index in [2.05, 4.69) is 15.3 Å². The molecule has 0 fully saturated rings. The summed E-state index contributed by atoms with van der Waals surface area (Å²) in [5, 5.41) is 13.8. The van der Waals surface area contributed by atoms with E-state index in [0.717, 1.165) is 12.1 Å². The topological polar surface area (TPSA) is 192 Å². The lowest BCUT2D eigenvalue weighted by Gasteiger charge is -2.21. The first kappa shape index (κ1) is 21.7. The van der Waals surface area contributed by atoms with Crippen molar-refractivity contribution >= 4 is 41.3 Å². The second-order valence-corrected chi connectivity index (χ2v) is 7.27. The van der Waals surface area contributed by atoms with Crippen molar-refractivity contribution in [2.45, 2.75) is 12.3 Å². The minimum atomic E-state index is -4.89. The summed E-state index contributed by atoms with van der Waals surface area (Å²) in [5.41, 5.74) is -3.14. The number of H-pyrrole nitrogens is 2. The summed E-state index contributed by atoms with van der Waals surface area (Å²) in [6.45, 7) is -0.0967. The van der Waals surface area contributed by atoms with Crippen LogP contribution in [0.15, 0.2) is 44.5 Å². The maximum absolute atomic E-state index is 12.0. The van der Waals surface area contributed by atoms with Gasteiger partial charge >= 0.3 is 18.7 Å². The van der Waals surface area contributed by atoms with Crippen LogP contribution in [0.2, 0.25) is 0 Å². The van der Waals surface area contributed by atoms with Gasteiger partial charge in [-0.2, -0.15) is 0 Å². The molecule has 0 saturated carbocycles. The van der Waals surface area contributed by atoms with E-state index >= 15 is 0 Å². The Hall–Kier alpha value is -2.57. The Balaban J connectivity index is 0.00000280. The van der Waals surface area contributed by atoms with Crippen LogP contribution in [0.1, 0.15) is 17.1 Å². The summed E-state index contributed by atoms with van der Waals surface area (Å²) >= 11 is 0. The standard InChI is InChI=1S/C14H13N4O8P.BrH/c19-12-13(20)17-11-9(4-7(18(21)22)5-10(11)16-12)14(27(23,24)25)15-6-8-2-1-3-26-8;/h1-5,14-15H,6H2,(H,16,19)(H,17,20)(H2,23,24,25);1H. The van der Waals surface area contributed by atoms with Gasteiger partial charge in [0.05, 0.1) is 28.8 Å². The van der Waals surface area contributed by atoms with E-state index in [1.807, 2.05) is 0 Å². The first-order valence-electron chi connectivity index (χ1n) is 7.42. The van der Waals surface area contributed by atoms with Gasteiger partial charge in [-0.05, 0) is 12.1 Å². The molecule has 2 heterocycles. The number of benzene rings is 1. The largest absolute Gasteiger partial charge is 0.468 e. The first-order chi connectivity index (χ1) is 12.7. The molecule has 150 valence electrons. The molecule has 2 aromatic heterocycles. The van der Waals surface area contributed by atoms with Crippen LogP contribution in [0.3, 0.4) is 0 Å². The number of rotatable bonds is 6. The summed E-state index contributed by atoms with van der Waals surface area (Å²) in [6, 6.07) is 5.05. The molecule has 3 aromatic rings. The SMILES string of the molecule is Br.O=c1[nH]c2cc([N+](=O)[O-])cc(C(NCc3ccco3)P(=O)(O)O)c2[nH]c1=O. The monoisotopic (exact) mass is 476 g/mol. The van der Waals surface area contributed by atoms with Gasteiger partial charge in [0.25, 0.3) is 5.69 Å². The highest BCUT2D eigenvalue weighted by atomic mass is 79.9. The van der Waals surface area contributed by atoms with Gasteiger partial charge in [0, 0.05) is 17.7 Å². The van der Waals surface area contributed by atoms with Crippen molar-refractivity contribution in [2.75, 3.05) is 0 Å². The summed E-state index contributed by atoms with van der Waals surface area (Å²) < 4.78 is 17.1. The van der Waals surface area contributed by atoms with Gasteiger partial charge in [0.2, 0.25) is 0 Å². The highest BCUT2D eigenvalue weighted by Crippen LogP contribution is 2.51. The Morgan fingerprint density at radius 1 is 1.25 bits per heavy atom. The number of hydrogen-bond acceptors (Lipinski definition) is 7. The Bertz CT molecular complexity index is 1170. The van der Waals surface area contributed by atoms with Crippen molar-refractivity contribution in [3.63, 3.8) is 0 Å². The molecule has 0 spiro atoms. The van der Waals surface area contributed by atoms with E-state index in [1.54, 1.807) is 12.1 Å². The van der Waals surface area contributed by atoms with Crippen LogP contribution in [0.25, 0.3) is 11.0 Å². The summed E-state index contributed by atoms with van der Waals surface area (Å²) in [7, 11) is -4.89. The van der Waals surface area contributed by atoms with Crippen LogP contribution < -0.4 is 16.4 Å². The molecule has 0 radical (unpaired) electrons. The molecular weight excluding hydrogens is 463 g/mol. The van der Waals surface area contributed by atoms with E-state index < -0.39 is 35.1 Å². The molecule has 0 saturated heterocycles. The molecule has 0 aliphatic heterocycles. The summed E-state index contributed by atoms with van der Waals surface area (Å²) in [6.07, 6.45) is 1.37. The van der Waals surface area contributed by atoms with Crippen molar-refractivity contribution in [2.24, 2.45) is 0 Å². The second kappa shape index (κ2) is 8.20. The quantitative estimate of drug-likeness (QED) is 0.151. The Morgan fingerprint density at radius 3 is 2.50 bits per heavy atom. The minimum absolute atomic E-state index is 0. The van der Waals surface area contributed by atoms with Crippen LogP contribution in [-0.4, -0.2) is 24.7 Å². The molecule has 1 unspecified atom stereocenters. The fourth-order valence-electron chi connectivity index (χ4n) is 2.58. The van der Waals surface area contributed by atoms with Crippen LogP contribution in [-0.2, 0) is 11.1 Å². The molecule has 28 heavy (non-hydrogen) atoms. The first-order valence-corrected chi connectivity index (χ1v) is 9.10. The molecule has 0 bridgehead atoms. The zero-order chi connectivity index (χ0) is 19.8. The molecule has 0 aliphatic rings. The average molecular weight is 477 g/mol. The number of aromatic nitrogens is 2. The molecule has 12 nitrogen and oxygen atoms in total. The maximum atomic E-state index is 12.0. The van der Waals surface area contributed by atoms with Crippen LogP contribution in [0.4, 0.5) is 5.69 Å². The van der Waals surface area contributed by atoms with Crippen molar-refractivity contribution in [3.05, 3.63) is 72.7 Å². The number of nitrogens with one attached hydrogen (secondary N) is 3. The number of nitro groups is 1. The maximum Gasteiger partial charge on any atom is 0.346 e. The van der Waals surface area contributed by atoms with Gasteiger partial charge in [-0.1, -0.05) is 0 Å². The van der Waals surface area contributed by atoms with E-state index in [-0.39, 0.29) is 40.1 Å². The third-order valence-electron chi connectivity index (χ3n) is 3.74. The lowest BCUT2D eigenvalue weighted by atomic mass is 10.1. The van der Waals surface area contributed by atoms with Gasteiger partial charge in [-0.3, -0.25) is 29.6 Å². The number of non-ortho nitro benzene ring substituents is 1. The highest BCUT2D eigenvalue weighted by Gasteiger charge is 2.33. The predicted molar refractivity (Wildman–Crippen MR) is 102 cm³/mol. The zero-order valence-corrected chi connectivity index (χ0v) is 16.4. The van der Waals surface area contributed by atoms with Crippen molar-refractivity contribution in [3.8, 4) is 0 Å². The number of aromatic amines is 2. The van der Waals surface area contributed by atoms with Gasteiger partial charge in [0.15, 0.2) is 0 Å². The third-order valence-corrected chi connectivity index (χ3v) is 4.87. The van der Waals surface area contributed by atoms with Gasteiger partial charge in [-0.15, -0.1) is 17.0 Å². The predicted octanol–water partition coefficient (Wildman–Crippen LogP) is 1.26. The molecule has 1 aromatic carbocycles. The Morgan fingerprint density at radius 2 is 1.93 bits per heavy atom. The number of fused-ring (bicyclic) bond motifs is 1. The van der Waals surface area contributed by atoms with E-state index in [1.165, 1.54) is 6.26 Å². The zero-order valence-electron chi connectivity index (χ0n) is 13.8. The number of furan rings is 1. The smallest absolute Gasteiger partial charge is 0.346 e.